The molecular formula is C19H23FN2O3. The third-order valence-electron chi connectivity index (χ3n) is 4.99. The monoisotopic (exact) mass is 346 g/mol. The Morgan fingerprint density at radius 1 is 1.20 bits per heavy atom. The number of fused-ring (bicyclic) bond motifs is 1. The summed E-state index contributed by atoms with van der Waals surface area (Å²) in [6.07, 6.45) is 5.46. The number of carbonyl (C=O) groups is 2. The van der Waals surface area contributed by atoms with Crippen molar-refractivity contribution in [3.05, 3.63) is 35.8 Å². The number of aromatic amines is 1. The fraction of sp³-hybridized carbons (Fsp3) is 0.474. The van der Waals surface area contributed by atoms with E-state index in [1.54, 1.807) is 0 Å². The van der Waals surface area contributed by atoms with Crippen LogP contribution in [0.2, 0.25) is 0 Å². The predicted molar refractivity (Wildman–Crippen MR) is 92.9 cm³/mol. The van der Waals surface area contributed by atoms with Gasteiger partial charge in [-0.3, -0.25) is 9.59 Å². The zero-order chi connectivity index (χ0) is 17.8. The third-order valence-corrected chi connectivity index (χ3v) is 4.99. The number of carboxylic acid groups (broad SMARTS) is 1. The zero-order valence-electron chi connectivity index (χ0n) is 14.1. The molecule has 0 bridgehead atoms. The Balaban J connectivity index is 1.52. The van der Waals surface area contributed by atoms with Gasteiger partial charge in [-0.1, -0.05) is 0 Å². The van der Waals surface area contributed by atoms with Gasteiger partial charge in [0.2, 0.25) is 5.91 Å². The number of amides is 1. The molecule has 1 aliphatic rings. The average Bonchev–Trinajstić information content (AvgIpc) is 3.01. The topological polar surface area (TPSA) is 73.4 Å². The van der Waals surface area contributed by atoms with Crippen molar-refractivity contribution >= 4 is 22.8 Å². The Hall–Kier alpha value is -2.37. The van der Waals surface area contributed by atoms with Crippen LogP contribution in [0.4, 0.5) is 4.39 Å². The number of hydrogen-bond donors (Lipinski definition) is 2. The fourth-order valence-corrected chi connectivity index (χ4v) is 3.61. The summed E-state index contributed by atoms with van der Waals surface area (Å²) >= 11 is 0. The smallest absolute Gasteiger partial charge is 0.303 e. The lowest BCUT2D eigenvalue weighted by Crippen LogP contribution is -2.37. The molecule has 2 aromatic rings. The van der Waals surface area contributed by atoms with Crippen LogP contribution < -0.4 is 0 Å². The van der Waals surface area contributed by atoms with Crippen LogP contribution in [0.15, 0.2) is 24.4 Å². The Morgan fingerprint density at radius 3 is 2.64 bits per heavy atom. The summed E-state index contributed by atoms with van der Waals surface area (Å²) in [7, 11) is 0. The summed E-state index contributed by atoms with van der Waals surface area (Å²) in [4.78, 5) is 27.7. The maximum Gasteiger partial charge on any atom is 0.303 e. The van der Waals surface area contributed by atoms with Crippen LogP contribution in [-0.2, 0) is 9.59 Å². The molecule has 0 spiro atoms. The first-order chi connectivity index (χ1) is 12.0. The molecule has 1 aromatic heterocycles. The number of carboxylic acids is 1. The van der Waals surface area contributed by atoms with Crippen molar-refractivity contribution in [1.29, 1.82) is 0 Å². The number of likely N-dealkylation sites (tertiary alicyclic amines) is 1. The number of H-pyrrole nitrogens is 1. The molecule has 0 unspecified atom stereocenters. The van der Waals surface area contributed by atoms with E-state index in [1.165, 1.54) is 17.7 Å². The van der Waals surface area contributed by atoms with Gasteiger partial charge in [-0.15, -0.1) is 0 Å². The lowest BCUT2D eigenvalue weighted by atomic mass is 9.89. The van der Waals surface area contributed by atoms with E-state index in [9.17, 15) is 14.0 Å². The van der Waals surface area contributed by atoms with Crippen molar-refractivity contribution in [1.82, 2.24) is 9.88 Å². The van der Waals surface area contributed by atoms with Crippen LogP contribution >= 0.6 is 0 Å². The second kappa shape index (κ2) is 7.68. The molecule has 0 radical (unpaired) electrons. The summed E-state index contributed by atoms with van der Waals surface area (Å²) in [5, 5.41) is 9.67. The lowest BCUT2D eigenvalue weighted by molar-refractivity contribution is -0.137. The molecule has 1 fully saturated rings. The summed E-state index contributed by atoms with van der Waals surface area (Å²) < 4.78 is 13.3. The zero-order valence-corrected chi connectivity index (χ0v) is 14.1. The van der Waals surface area contributed by atoms with Crippen LogP contribution in [0.3, 0.4) is 0 Å². The molecular weight excluding hydrogens is 323 g/mol. The summed E-state index contributed by atoms with van der Waals surface area (Å²) in [5.74, 6) is -0.573. The van der Waals surface area contributed by atoms with Gasteiger partial charge in [-0.25, -0.2) is 4.39 Å². The highest BCUT2D eigenvalue weighted by molar-refractivity contribution is 5.84. The third kappa shape index (κ3) is 4.18. The molecule has 1 saturated heterocycles. The molecule has 134 valence electrons. The van der Waals surface area contributed by atoms with Crippen molar-refractivity contribution in [3.63, 3.8) is 0 Å². The van der Waals surface area contributed by atoms with Crippen LogP contribution in [0.5, 0.6) is 0 Å². The van der Waals surface area contributed by atoms with Gasteiger partial charge in [0.25, 0.3) is 0 Å². The van der Waals surface area contributed by atoms with E-state index in [-0.39, 0.29) is 18.1 Å². The molecule has 0 aliphatic carbocycles. The molecule has 3 rings (SSSR count). The summed E-state index contributed by atoms with van der Waals surface area (Å²) in [5.41, 5.74) is 2.01. The number of aromatic nitrogens is 1. The first-order valence-electron chi connectivity index (χ1n) is 8.80. The van der Waals surface area contributed by atoms with Gasteiger partial charge in [0, 0.05) is 43.0 Å². The van der Waals surface area contributed by atoms with Crippen LogP contribution in [0.25, 0.3) is 10.9 Å². The molecule has 2 N–H and O–H groups in total. The number of hydrogen-bond acceptors (Lipinski definition) is 2. The van der Waals surface area contributed by atoms with E-state index in [2.05, 4.69) is 4.98 Å². The number of benzene rings is 1. The minimum atomic E-state index is -0.813. The molecule has 2 heterocycles. The van der Waals surface area contributed by atoms with E-state index < -0.39 is 5.97 Å². The van der Waals surface area contributed by atoms with E-state index >= 15 is 0 Å². The van der Waals surface area contributed by atoms with E-state index in [0.717, 1.165) is 36.8 Å². The standard InChI is InChI=1S/C19H23FN2O3/c20-14-5-6-15-16(12-21-17(15)11-14)13-7-9-22(10-8-13)18(23)3-1-2-4-19(24)25/h5-6,11-13,21H,1-4,7-10H2,(H,24,25). The second-order valence-electron chi connectivity index (χ2n) is 6.69. The second-order valence-corrected chi connectivity index (χ2v) is 6.69. The lowest BCUT2D eigenvalue weighted by Gasteiger charge is -2.32. The number of piperidine rings is 1. The molecule has 25 heavy (non-hydrogen) atoms. The van der Waals surface area contributed by atoms with E-state index in [0.29, 0.717) is 25.2 Å². The number of aliphatic carboxylic acids is 1. The highest BCUT2D eigenvalue weighted by atomic mass is 19.1. The maximum atomic E-state index is 13.3. The van der Waals surface area contributed by atoms with Crippen LogP contribution in [0.1, 0.15) is 50.0 Å². The molecule has 0 saturated carbocycles. The van der Waals surface area contributed by atoms with Crippen molar-refractivity contribution < 1.29 is 19.1 Å². The summed E-state index contributed by atoms with van der Waals surface area (Å²) in [6.45, 7) is 1.44. The Kier molecular flexibility index (Phi) is 5.36. The van der Waals surface area contributed by atoms with Crippen molar-refractivity contribution in [2.24, 2.45) is 0 Å². The maximum absolute atomic E-state index is 13.3. The van der Waals surface area contributed by atoms with E-state index in [1.807, 2.05) is 17.2 Å². The molecule has 0 atom stereocenters. The van der Waals surface area contributed by atoms with Gasteiger partial charge in [0.15, 0.2) is 0 Å². The number of rotatable bonds is 6. The Bertz CT molecular complexity index is 763. The van der Waals surface area contributed by atoms with Crippen LogP contribution in [0, 0.1) is 5.82 Å². The SMILES string of the molecule is O=C(O)CCCCC(=O)N1CCC(c2c[nH]c3cc(F)ccc23)CC1. The minimum Gasteiger partial charge on any atom is -0.481 e. The van der Waals surface area contributed by atoms with Gasteiger partial charge >= 0.3 is 5.97 Å². The number of nitrogens with zero attached hydrogens (tertiary/aromatic N) is 1. The van der Waals surface area contributed by atoms with Gasteiger partial charge in [-0.2, -0.15) is 0 Å². The van der Waals surface area contributed by atoms with Gasteiger partial charge < -0.3 is 15.0 Å². The van der Waals surface area contributed by atoms with Gasteiger partial charge in [0.05, 0.1) is 0 Å². The molecule has 6 heteroatoms. The number of halogens is 1. The van der Waals surface area contributed by atoms with E-state index in [4.69, 9.17) is 5.11 Å². The first-order valence-corrected chi connectivity index (χ1v) is 8.80. The van der Waals surface area contributed by atoms with Gasteiger partial charge in [0.1, 0.15) is 5.82 Å². The molecule has 1 amide bonds. The van der Waals surface area contributed by atoms with Gasteiger partial charge in [-0.05, 0) is 55.4 Å². The van der Waals surface area contributed by atoms with Crippen LogP contribution in [-0.4, -0.2) is 40.0 Å². The quantitative estimate of drug-likeness (QED) is 0.784. The minimum absolute atomic E-state index is 0.116. The normalized spacial score (nSPS) is 15.6. The number of nitrogens with one attached hydrogen (secondary N) is 1. The average molecular weight is 346 g/mol. The van der Waals surface area contributed by atoms with Crippen molar-refractivity contribution in [2.75, 3.05) is 13.1 Å². The highest BCUT2D eigenvalue weighted by Gasteiger charge is 2.25. The Morgan fingerprint density at radius 2 is 1.92 bits per heavy atom. The van der Waals surface area contributed by atoms with Crippen molar-refractivity contribution in [2.45, 2.75) is 44.4 Å². The number of unbranched alkanes of at least 4 members (excludes halogenated alkanes) is 1. The number of carbonyl (C=O) groups excluding carboxylic acids is 1. The molecule has 5 nitrogen and oxygen atoms in total. The first kappa shape index (κ1) is 17.5. The Labute approximate surface area is 145 Å². The summed E-state index contributed by atoms with van der Waals surface area (Å²) in [6, 6.07) is 4.81. The molecule has 1 aromatic carbocycles. The fourth-order valence-electron chi connectivity index (χ4n) is 3.61. The van der Waals surface area contributed by atoms with Crippen molar-refractivity contribution in [3.8, 4) is 0 Å². The highest BCUT2D eigenvalue weighted by Crippen LogP contribution is 2.33. The largest absolute Gasteiger partial charge is 0.481 e. The predicted octanol–water partition coefficient (Wildman–Crippen LogP) is 3.66. The molecule has 1 aliphatic heterocycles.